The number of aromatic nitrogens is 2. The van der Waals surface area contributed by atoms with Gasteiger partial charge in [0.15, 0.2) is 5.03 Å². The number of H-pyrrole nitrogens is 1. The van der Waals surface area contributed by atoms with Crippen molar-refractivity contribution in [3.05, 3.63) is 90.0 Å². The van der Waals surface area contributed by atoms with E-state index in [0.717, 1.165) is 5.56 Å². The molecule has 0 spiro atoms. The zero-order valence-electron chi connectivity index (χ0n) is 17.5. The average Bonchev–Trinajstić information content (AvgIpc) is 3.22. The number of aromatic amines is 1. The summed E-state index contributed by atoms with van der Waals surface area (Å²) >= 11 is 0. The molecule has 0 atom stereocenters. The molecular formula is C24H19F2N3O3S. The second kappa shape index (κ2) is 8.95. The molecule has 6 nitrogen and oxygen atoms in total. The van der Waals surface area contributed by atoms with Crippen LogP contribution in [0, 0.1) is 18.6 Å². The van der Waals surface area contributed by atoms with Gasteiger partial charge < -0.3 is 10.3 Å². The lowest BCUT2D eigenvalue weighted by Crippen LogP contribution is -2.23. The molecule has 1 amide bonds. The molecule has 0 fully saturated rings. The van der Waals surface area contributed by atoms with Gasteiger partial charge in [-0.1, -0.05) is 17.7 Å². The van der Waals surface area contributed by atoms with E-state index >= 15 is 0 Å². The molecule has 4 rings (SSSR count). The van der Waals surface area contributed by atoms with Crippen molar-refractivity contribution in [1.29, 1.82) is 0 Å². The lowest BCUT2D eigenvalue weighted by atomic mass is 10.2. The Hall–Kier alpha value is -3.85. The van der Waals surface area contributed by atoms with Crippen LogP contribution >= 0.6 is 0 Å². The smallest absolute Gasteiger partial charge is 0.240 e. The Morgan fingerprint density at radius 1 is 0.879 bits per heavy atom. The summed E-state index contributed by atoms with van der Waals surface area (Å²) in [5.74, 6) is -2.33. The van der Waals surface area contributed by atoms with Crippen LogP contribution in [0.5, 0.6) is 0 Å². The fourth-order valence-corrected chi connectivity index (χ4v) is 4.48. The molecule has 0 radical (unpaired) electrons. The highest BCUT2D eigenvalue weighted by Crippen LogP contribution is 2.30. The molecule has 0 aliphatic carbocycles. The van der Waals surface area contributed by atoms with Gasteiger partial charge in [0.1, 0.15) is 28.9 Å². The quantitative estimate of drug-likeness (QED) is 0.428. The van der Waals surface area contributed by atoms with E-state index in [1.807, 2.05) is 6.92 Å². The Kier molecular flexibility index (Phi) is 6.06. The maximum Gasteiger partial charge on any atom is 0.240 e. The topological polar surface area (TPSA) is 91.9 Å². The zero-order valence-corrected chi connectivity index (χ0v) is 18.3. The van der Waals surface area contributed by atoms with Crippen molar-refractivity contribution in [2.45, 2.75) is 11.9 Å². The van der Waals surface area contributed by atoms with Crippen molar-refractivity contribution in [3.8, 4) is 22.6 Å². The number of benzene rings is 3. The molecule has 0 saturated carbocycles. The van der Waals surface area contributed by atoms with Crippen molar-refractivity contribution in [3.63, 3.8) is 0 Å². The molecule has 0 aliphatic heterocycles. The first kappa shape index (κ1) is 22.3. The first-order chi connectivity index (χ1) is 15.7. The number of aryl methyl sites for hydroxylation is 1. The molecule has 2 N–H and O–H groups in total. The minimum atomic E-state index is -4.17. The summed E-state index contributed by atoms with van der Waals surface area (Å²) < 4.78 is 53.1. The van der Waals surface area contributed by atoms with Crippen LogP contribution in [-0.4, -0.2) is 30.0 Å². The van der Waals surface area contributed by atoms with Gasteiger partial charge in [0.05, 0.1) is 0 Å². The third kappa shape index (κ3) is 5.15. The molecule has 33 heavy (non-hydrogen) atoms. The van der Waals surface area contributed by atoms with Gasteiger partial charge in [-0.05, 0) is 67.6 Å². The van der Waals surface area contributed by atoms with Gasteiger partial charge in [0.2, 0.25) is 15.7 Å². The van der Waals surface area contributed by atoms with Crippen LogP contribution in [0.4, 0.5) is 14.5 Å². The molecule has 0 saturated heterocycles. The van der Waals surface area contributed by atoms with E-state index in [0.29, 0.717) is 16.8 Å². The second-order valence-electron chi connectivity index (χ2n) is 7.45. The Morgan fingerprint density at radius 3 is 2.00 bits per heavy atom. The zero-order chi connectivity index (χ0) is 23.6. The highest BCUT2D eigenvalue weighted by atomic mass is 32.2. The largest absolute Gasteiger partial charge is 0.329 e. The molecule has 9 heteroatoms. The number of rotatable bonds is 6. The van der Waals surface area contributed by atoms with Gasteiger partial charge in [-0.25, -0.2) is 22.2 Å². The number of carbonyl (C=O) groups excluding carboxylic acids is 1. The predicted octanol–water partition coefficient (Wildman–Crippen LogP) is 4.74. The van der Waals surface area contributed by atoms with E-state index in [2.05, 4.69) is 15.3 Å². The number of anilines is 1. The third-order valence-electron chi connectivity index (χ3n) is 4.87. The molecule has 0 aliphatic rings. The van der Waals surface area contributed by atoms with Crippen molar-refractivity contribution in [1.82, 2.24) is 9.97 Å². The number of hydrogen-bond acceptors (Lipinski definition) is 4. The van der Waals surface area contributed by atoms with Crippen LogP contribution in [0.3, 0.4) is 0 Å². The SMILES string of the molecule is Cc1ccc(NC(=O)CS(=O)(=O)c2[nH]c(-c3ccc(F)cc3)nc2-c2ccc(F)cc2)cc1. The number of nitrogens with one attached hydrogen (secondary N) is 2. The average molecular weight is 467 g/mol. The Morgan fingerprint density at radius 2 is 1.42 bits per heavy atom. The van der Waals surface area contributed by atoms with E-state index in [-0.39, 0.29) is 16.5 Å². The summed E-state index contributed by atoms with van der Waals surface area (Å²) in [6.07, 6.45) is 0. The molecular weight excluding hydrogens is 448 g/mol. The third-order valence-corrected chi connectivity index (χ3v) is 6.43. The first-order valence-electron chi connectivity index (χ1n) is 9.92. The van der Waals surface area contributed by atoms with Gasteiger partial charge in [0.25, 0.3) is 0 Å². The molecule has 1 aromatic heterocycles. The Labute approximate surface area is 189 Å². The van der Waals surface area contributed by atoms with Crippen LogP contribution in [0.15, 0.2) is 77.8 Å². The van der Waals surface area contributed by atoms with Crippen LogP contribution in [0.1, 0.15) is 5.56 Å². The van der Waals surface area contributed by atoms with Crippen molar-refractivity contribution in [2.75, 3.05) is 11.1 Å². The van der Waals surface area contributed by atoms with Crippen LogP contribution in [0.2, 0.25) is 0 Å². The first-order valence-corrected chi connectivity index (χ1v) is 11.6. The number of sulfone groups is 1. The molecule has 4 aromatic rings. The highest BCUT2D eigenvalue weighted by molar-refractivity contribution is 7.92. The number of hydrogen-bond donors (Lipinski definition) is 2. The van der Waals surface area contributed by atoms with Gasteiger partial charge >= 0.3 is 0 Å². The fourth-order valence-electron chi connectivity index (χ4n) is 3.21. The molecule has 0 unspecified atom stereocenters. The highest BCUT2D eigenvalue weighted by Gasteiger charge is 2.27. The van der Waals surface area contributed by atoms with Crippen molar-refractivity contribution < 1.29 is 22.0 Å². The Balaban J connectivity index is 1.70. The number of amides is 1. The summed E-state index contributed by atoms with van der Waals surface area (Å²) in [6.45, 7) is 1.89. The van der Waals surface area contributed by atoms with Crippen LogP contribution in [-0.2, 0) is 14.6 Å². The van der Waals surface area contributed by atoms with Crippen molar-refractivity contribution >= 4 is 21.4 Å². The minimum Gasteiger partial charge on any atom is -0.329 e. The molecule has 0 bridgehead atoms. The fraction of sp³-hybridized carbons (Fsp3) is 0.0833. The monoisotopic (exact) mass is 467 g/mol. The van der Waals surface area contributed by atoms with E-state index in [1.165, 1.54) is 48.5 Å². The predicted molar refractivity (Wildman–Crippen MR) is 121 cm³/mol. The van der Waals surface area contributed by atoms with Crippen LogP contribution < -0.4 is 5.32 Å². The minimum absolute atomic E-state index is 0.0393. The van der Waals surface area contributed by atoms with Gasteiger partial charge in [0, 0.05) is 16.8 Å². The molecule has 3 aromatic carbocycles. The van der Waals surface area contributed by atoms with E-state index in [1.54, 1.807) is 24.3 Å². The van der Waals surface area contributed by atoms with E-state index in [4.69, 9.17) is 0 Å². The van der Waals surface area contributed by atoms with Gasteiger partial charge in [-0.15, -0.1) is 0 Å². The van der Waals surface area contributed by atoms with Gasteiger partial charge in [-0.3, -0.25) is 4.79 Å². The lowest BCUT2D eigenvalue weighted by Gasteiger charge is -2.07. The number of imidazole rings is 1. The lowest BCUT2D eigenvalue weighted by molar-refractivity contribution is -0.113. The normalized spacial score (nSPS) is 11.4. The van der Waals surface area contributed by atoms with Crippen LogP contribution in [0.25, 0.3) is 22.6 Å². The van der Waals surface area contributed by atoms with Crippen molar-refractivity contribution in [2.24, 2.45) is 0 Å². The maximum absolute atomic E-state index is 13.4. The number of nitrogens with zero attached hydrogens (tertiary/aromatic N) is 1. The molecule has 1 heterocycles. The van der Waals surface area contributed by atoms with E-state index in [9.17, 15) is 22.0 Å². The van der Waals surface area contributed by atoms with Gasteiger partial charge in [-0.2, -0.15) is 0 Å². The standard InChI is InChI=1S/C24H19F2N3O3S/c1-15-2-12-20(13-3-15)27-21(30)14-33(31,32)24-22(16-4-8-18(25)9-5-16)28-23(29-24)17-6-10-19(26)11-7-17/h2-13H,14H2,1H3,(H,27,30)(H,28,29). The summed E-state index contributed by atoms with van der Waals surface area (Å²) in [5.41, 5.74) is 2.30. The number of carbonyl (C=O) groups is 1. The summed E-state index contributed by atoms with van der Waals surface area (Å²) in [7, 11) is -4.17. The Bertz CT molecular complexity index is 1400. The summed E-state index contributed by atoms with van der Waals surface area (Å²) in [4.78, 5) is 19.6. The molecule has 168 valence electrons. The number of halogens is 2. The van der Waals surface area contributed by atoms with E-state index < -0.39 is 33.1 Å². The summed E-state index contributed by atoms with van der Waals surface area (Å²) in [5, 5.41) is 2.28. The second-order valence-corrected chi connectivity index (χ2v) is 9.38. The summed E-state index contributed by atoms with van der Waals surface area (Å²) in [6, 6.07) is 17.4. The maximum atomic E-state index is 13.4.